The number of pyridine rings is 1. The summed E-state index contributed by atoms with van der Waals surface area (Å²) in [4.78, 5) is 24.2. The quantitative estimate of drug-likeness (QED) is 0.522. The predicted molar refractivity (Wildman–Crippen MR) is 111 cm³/mol. The summed E-state index contributed by atoms with van der Waals surface area (Å²) in [6.07, 6.45) is 9.63. The third kappa shape index (κ3) is 3.92. The van der Waals surface area contributed by atoms with Crippen LogP contribution in [0.2, 0.25) is 0 Å². The van der Waals surface area contributed by atoms with Gasteiger partial charge in [0.05, 0.1) is 17.0 Å². The minimum atomic E-state index is -0.242. The Labute approximate surface area is 173 Å². The second-order valence-electron chi connectivity index (χ2n) is 7.31. The molecule has 4 heterocycles. The summed E-state index contributed by atoms with van der Waals surface area (Å²) in [7, 11) is 0. The van der Waals surface area contributed by atoms with Crippen LogP contribution in [-0.2, 0) is 19.5 Å². The van der Waals surface area contributed by atoms with Crippen LogP contribution in [0.3, 0.4) is 0 Å². The van der Waals surface area contributed by atoms with Gasteiger partial charge in [-0.1, -0.05) is 6.07 Å². The summed E-state index contributed by atoms with van der Waals surface area (Å²) in [6, 6.07) is 10.5. The van der Waals surface area contributed by atoms with Crippen LogP contribution in [0.1, 0.15) is 16.8 Å². The monoisotopic (exact) mass is 398 g/mol. The number of fused-ring (bicyclic) bond motifs is 1. The first-order valence-corrected chi connectivity index (χ1v) is 9.78. The van der Waals surface area contributed by atoms with Crippen molar-refractivity contribution in [3.05, 3.63) is 90.2 Å². The lowest BCUT2D eigenvalue weighted by Crippen LogP contribution is -2.31. The average molecular weight is 398 g/mol. The maximum Gasteiger partial charge on any atom is 0.162 e. The molecule has 0 saturated heterocycles. The Hall–Kier alpha value is -3.58. The van der Waals surface area contributed by atoms with E-state index in [1.54, 1.807) is 24.5 Å². The van der Waals surface area contributed by atoms with Crippen molar-refractivity contribution in [2.24, 2.45) is 0 Å². The summed E-state index contributed by atoms with van der Waals surface area (Å²) in [5.41, 5.74) is 5.96. The van der Waals surface area contributed by atoms with E-state index in [1.807, 2.05) is 18.5 Å². The lowest BCUT2D eigenvalue weighted by atomic mass is 10.1. The van der Waals surface area contributed by atoms with E-state index >= 15 is 0 Å². The molecule has 0 bridgehead atoms. The molecule has 4 aromatic rings. The molecule has 0 N–H and O–H groups in total. The number of benzene rings is 1. The van der Waals surface area contributed by atoms with Crippen molar-refractivity contribution in [1.82, 2.24) is 29.8 Å². The second kappa shape index (κ2) is 8.04. The molecular formula is C23H19FN6. The third-order valence-corrected chi connectivity index (χ3v) is 5.20. The Morgan fingerprint density at radius 2 is 1.70 bits per heavy atom. The second-order valence-corrected chi connectivity index (χ2v) is 7.31. The normalized spacial score (nSPS) is 13.8. The molecule has 0 fully saturated rings. The van der Waals surface area contributed by atoms with Gasteiger partial charge in [-0.2, -0.15) is 0 Å². The van der Waals surface area contributed by atoms with Crippen molar-refractivity contribution in [2.45, 2.75) is 19.5 Å². The van der Waals surface area contributed by atoms with Gasteiger partial charge in [0.2, 0.25) is 0 Å². The van der Waals surface area contributed by atoms with Gasteiger partial charge in [0.15, 0.2) is 5.82 Å². The van der Waals surface area contributed by atoms with Crippen LogP contribution in [0.5, 0.6) is 0 Å². The number of halogens is 1. The molecule has 0 amide bonds. The van der Waals surface area contributed by atoms with E-state index in [1.165, 1.54) is 18.5 Å². The van der Waals surface area contributed by atoms with E-state index in [4.69, 9.17) is 4.98 Å². The van der Waals surface area contributed by atoms with E-state index in [9.17, 15) is 4.39 Å². The van der Waals surface area contributed by atoms with E-state index < -0.39 is 0 Å². The largest absolute Gasteiger partial charge is 0.294 e. The van der Waals surface area contributed by atoms with Gasteiger partial charge in [-0.05, 0) is 35.9 Å². The molecule has 6 nitrogen and oxygen atoms in total. The highest BCUT2D eigenvalue weighted by Gasteiger charge is 2.19. The van der Waals surface area contributed by atoms with Crippen LogP contribution in [0.4, 0.5) is 4.39 Å². The predicted octanol–water partition coefficient (Wildman–Crippen LogP) is 3.69. The van der Waals surface area contributed by atoms with Crippen molar-refractivity contribution >= 4 is 0 Å². The van der Waals surface area contributed by atoms with E-state index in [0.29, 0.717) is 5.82 Å². The standard InChI is InChI=1S/C23H19FN6/c24-20-4-2-17(3-5-20)21-6-1-16(9-27-21)13-30-8-7-22-19(14-30)12-28-23(29-22)18-10-25-15-26-11-18/h1-6,9-12,15H,7-8,13-14H2. The summed E-state index contributed by atoms with van der Waals surface area (Å²) < 4.78 is 13.1. The first kappa shape index (κ1) is 18.4. The molecule has 3 aromatic heterocycles. The molecule has 7 heteroatoms. The van der Waals surface area contributed by atoms with Crippen LogP contribution in [-0.4, -0.2) is 36.4 Å². The molecule has 0 unspecified atom stereocenters. The van der Waals surface area contributed by atoms with E-state index in [2.05, 4.69) is 30.9 Å². The molecule has 1 aromatic carbocycles. The van der Waals surface area contributed by atoms with Crippen LogP contribution in [0.15, 0.2) is 67.5 Å². The van der Waals surface area contributed by atoms with Gasteiger partial charge >= 0.3 is 0 Å². The van der Waals surface area contributed by atoms with Crippen LogP contribution >= 0.6 is 0 Å². The zero-order chi connectivity index (χ0) is 20.3. The van der Waals surface area contributed by atoms with Gasteiger partial charge in [0.1, 0.15) is 12.1 Å². The van der Waals surface area contributed by atoms with Crippen molar-refractivity contribution in [2.75, 3.05) is 6.54 Å². The lowest BCUT2D eigenvalue weighted by Gasteiger charge is -2.28. The number of rotatable bonds is 4. The van der Waals surface area contributed by atoms with Crippen molar-refractivity contribution < 1.29 is 4.39 Å². The number of aromatic nitrogens is 5. The maximum atomic E-state index is 13.1. The number of hydrogen-bond donors (Lipinski definition) is 0. The highest BCUT2D eigenvalue weighted by Crippen LogP contribution is 2.22. The molecular weight excluding hydrogens is 379 g/mol. The Bertz CT molecular complexity index is 1150. The Morgan fingerprint density at radius 1 is 0.867 bits per heavy atom. The molecule has 0 spiro atoms. The topological polar surface area (TPSA) is 67.7 Å². The minimum Gasteiger partial charge on any atom is -0.294 e. The highest BCUT2D eigenvalue weighted by molar-refractivity contribution is 5.58. The van der Waals surface area contributed by atoms with Gasteiger partial charge in [0, 0.05) is 62.0 Å². The minimum absolute atomic E-state index is 0.242. The molecule has 0 atom stereocenters. The van der Waals surface area contributed by atoms with Gasteiger partial charge in [0.25, 0.3) is 0 Å². The van der Waals surface area contributed by atoms with E-state index in [0.717, 1.165) is 59.7 Å². The highest BCUT2D eigenvalue weighted by atomic mass is 19.1. The summed E-state index contributed by atoms with van der Waals surface area (Å²) in [6.45, 7) is 2.54. The van der Waals surface area contributed by atoms with Gasteiger partial charge in [-0.15, -0.1) is 0 Å². The summed E-state index contributed by atoms with van der Waals surface area (Å²) in [5.74, 6) is 0.428. The Balaban J connectivity index is 1.27. The fourth-order valence-corrected chi connectivity index (χ4v) is 3.63. The zero-order valence-electron chi connectivity index (χ0n) is 16.2. The van der Waals surface area contributed by atoms with Crippen molar-refractivity contribution in [3.8, 4) is 22.6 Å². The third-order valence-electron chi connectivity index (χ3n) is 5.20. The number of nitrogens with zero attached hydrogens (tertiary/aromatic N) is 6. The summed E-state index contributed by atoms with van der Waals surface area (Å²) in [5, 5.41) is 0. The van der Waals surface area contributed by atoms with Crippen LogP contribution in [0.25, 0.3) is 22.6 Å². The van der Waals surface area contributed by atoms with Crippen LogP contribution in [0, 0.1) is 5.82 Å². The van der Waals surface area contributed by atoms with Gasteiger partial charge in [-0.25, -0.2) is 24.3 Å². The van der Waals surface area contributed by atoms with Crippen LogP contribution < -0.4 is 0 Å². The fourth-order valence-electron chi connectivity index (χ4n) is 3.63. The molecule has 148 valence electrons. The molecule has 1 aliphatic heterocycles. The molecule has 0 aliphatic carbocycles. The Morgan fingerprint density at radius 3 is 2.47 bits per heavy atom. The number of hydrogen-bond acceptors (Lipinski definition) is 6. The molecule has 30 heavy (non-hydrogen) atoms. The van der Waals surface area contributed by atoms with Gasteiger partial charge < -0.3 is 0 Å². The first-order valence-electron chi connectivity index (χ1n) is 9.78. The van der Waals surface area contributed by atoms with Crippen molar-refractivity contribution in [1.29, 1.82) is 0 Å². The smallest absolute Gasteiger partial charge is 0.162 e. The molecule has 5 rings (SSSR count). The fraction of sp³-hybridized carbons (Fsp3) is 0.174. The zero-order valence-corrected chi connectivity index (χ0v) is 16.2. The molecule has 0 radical (unpaired) electrons. The summed E-state index contributed by atoms with van der Waals surface area (Å²) >= 11 is 0. The average Bonchev–Trinajstić information content (AvgIpc) is 2.80. The lowest BCUT2D eigenvalue weighted by molar-refractivity contribution is 0.242. The molecule has 0 saturated carbocycles. The Kier molecular flexibility index (Phi) is 4.94. The van der Waals surface area contributed by atoms with E-state index in [-0.39, 0.29) is 5.82 Å². The van der Waals surface area contributed by atoms with Gasteiger partial charge in [-0.3, -0.25) is 9.88 Å². The SMILES string of the molecule is Fc1ccc(-c2ccc(CN3CCc4nc(-c5cncnc5)ncc4C3)cn2)cc1. The van der Waals surface area contributed by atoms with Crippen molar-refractivity contribution in [3.63, 3.8) is 0 Å². The molecule has 1 aliphatic rings. The first-order chi connectivity index (χ1) is 14.7. The maximum absolute atomic E-state index is 13.1.